The lowest BCUT2D eigenvalue weighted by Crippen LogP contribution is -2.17. The lowest BCUT2D eigenvalue weighted by atomic mass is 9.95. The van der Waals surface area contributed by atoms with E-state index < -0.39 is 5.97 Å². The van der Waals surface area contributed by atoms with Crippen molar-refractivity contribution in [3.05, 3.63) is 52.2 Å². The van der Waals surface area contributed by atoms with E-state index in [9.17, 15) is 9.59 Å². The molecule has 1 aromatic carbocycles. The summed E-state index contributed by atoms with van der Waals surface area (Å²) in [6, 6.07) is 9.57. The number of fused-ring (bicyclic) bond motifs is 1. The van der Waals surface area contributed by atoms with E-state index >= 15 is 0 Å². The van der Waals surface area contributed by atoms with Crippen molar-refractivity contribution >= 4 is 40.0 Å². The topological polar surface area (TPSA) is 95.3 Å². The molecular weight excluding hydrogens is 472 g/mol. The number of amides is 1. The van der Waals surface area contributed by atoms with Crippen LogP contribution >= 0.6 is 23.1 Å². The molecule has 0 radical (unpaired) electrons. The number of nitrogens with zero attached hydrogens (tertiary/aromatic N) is 3. The summed E-state index contributed by atoms with van der Waals surface area (Å²) in [6.45, 7) is 4.58. The zero-order chi connectivity index (χ0) is 24.1. The van der Waals surface area contributed by atoms with E-state index in [4.69, 9.17) is 9.47 Å². The van der Waals surface area contributed by atoms with E-state index in [-0.39, 0.29) is 17.8 Å². The Morgan fingerprint density at radius 3 is 2.71 bits per heavy atom. The highest BCUT2D eigenvalue weighted by Crippen LogP contribution is 2.38. The first kappa shape index (κ1) is 24.3. The number of nitrogens with one attached hydrogen (secondary N) is 1. The molecule has 1 N–H and O–H groups in total. The van der Waals surface area contributed by atoms with Crippen LogP contribution in [0.1, 0.15) is 59.4 Å². The van der Waals surface area contributed by atoms with Gasteiger partial charge < -0.3 is 19.4 Å². The van der Waals surface area contributed by atoms with Crippen molar-refractivity contribution < 1.29 is 19.1 Å². The fraction of sp³-hybridized carbons (Fsp3) is 0.417. The second-order valence-corrected chi connectivity index (χ2v) is 9.95. The summed E-state index contributed by atoms with van der Waals surface area (Å²) in [5, 5.41) is 12.8. The van der Waals surface area contributed by atoms with Crippen molar-refractivity contribution in [3.63, 3.8) is 0 Å². The van der Waals surface area contributed by atoms with Gasteiger partial charge in [0.05, 0.1) is 18.4 Å². The number of rotatable bonds is 9. The third-order valence-corrected chi connectivity index (χ3v) is 7.80. The minimum absolute atomic E-state index is 0.148. The van der Waals surface area contributed by atoms with E-state index in [1.807, 2.05) is 48.7 Å². The van der Waals surface area contributed by atoms with Crippen molar-refractivity contribution in [1.29, 1.82) is 0 Å². The van der Waals surface area contributed by atoms with Gasteiger partial charge in [0.15, 0.2) is 17.1 Å². The van der Waals surface area contributed by atoms with Gasteiger partial charge in [-0.2, -0.15) is 0 Å². The van der Waals surface area contributed by atoms with Crippen molar-refractivity contribution in [2.75, 3.05) is 18.2 Å². The molecule has 1 atom stereocenters. The van der Waals surface area contributed by atoms with E-state index in [1.165, 1.54) is 30.2 Å². The number of aromatic nitrogens is 3. The molecule has 1 unspecified atom stereocenters. The van der Waals surface area contributed by atoms with Crippen LogP contribution in [0.2, 0.25) is 0 Å². The van der Waals surface area contributed by atoms with Gasteiger partial charge in [-0.25, -0.2) is 4.79 Å². The second kappa shape index (κ2) is 11.1. The highest BCUT2D eigenvalue weighted by molar-refractivity contribution is 7.99. The molecule has 2 heterocycles. The minimum Gasteiger partial charge on any atom is -0.483 e. The molecular formula is C24H28N4O4S2. The first-order valence-corrected chi connectivity index (χ1v) is 13.1. The molecule has 0 fully saturated rings. The molecule has 0 bridgehead atoms. The molecule has 0 saturated carbocycles. The predicted molar refractivity (Wildman–Crippen MR) is 133 cm³/mol. The molecule has 34 heavy (non-hydrogen) atoms. The monoisotopic (exact) mass is 500 g/mol. The number of ether oxygens (including phenoxy) is 2. The molecule has 1 aliphatic rings. The first-order valence-electron chi connectivity index (χ1n) is 11.3. The van der Waals surface area contributed by atoms with Gasteiger partial charge in [0.1, 0.15) is 10.8 Å². The number of aryl methyl sites for hydroxylation is 1. The minimum atomic E-state index is -0.398. The summed E-state index contributed by atoms with van der Waals surface area (Å²) >= 11 is 2.79. The normalized spacial score (nSPS) is 13.7. The van der Waals surface area contributed by atoms with Gasteiger partial charge >= 0.3 is 5.97 Å². The molecule has 8 nitrogen and oxygen atoms in total. The van der Waals surface area contributed by atoms with Crippen LogP contribution < -0.4 is 10.1 Å². The van der Waals surface area contributed by atoms with Crippen LogP contribution in [0, 0.1) is 0 Å². The number of hydrogen-bond acceptors (Lipinski definition) is 8. The maximum Gasteiger partial charge on any atom is 0.341 e. The highest BCUT2D eigenvalue weighted by atomic mass is 32.2. The molecule has 1 aliphatic carbocycles. The number of para-hydroxylation sites is 1. The van der Waals surface area contributed by atoms with Crippen LogP contribution in [-0.2, 0) is 28.9 Å². The standard InChI is InChI=1S/C24H28N4O4S2/c1-4-28-21(15(2)32-16-10-6-5-7-11-16)26-27-24(28)33-14-19(29)25-22-20(23(30)31-3)17-12-8-9-13-18(17)34-22/h5-7,10-11,15H,4,8-9,12-14H2,1-3H3,(H,25,29). The van der Waals surface area contributed by atoms with Crippen LogP contribution in [0.15, 0.2) is 35.5 Å². The quantitative estimate of drug-likeness (QED) is 0.330. The number of carbonyl (C=O) groups excluding carboxylic acids is 2. The zero-order valence-electron chi connectivity index (χ0n) is 19.5. The lowest BCUT2D eigenvalue weighted by molar-refractivity contribution is -0.113. The fourth-order valence-electron chi connectivity index (χ4n) is 4.03. The average molecular weight is 501 g/mol. The van der Waals surface area contributed by atoms with E-state index in [1.54, 1.807) is 0 Å². The van der Waals surface area contributed by atoms with Gasteiger partial charge in [-0.3, -0.25) is 4.79 Å². The van der Waals surface area contributed by atoms with Crippen LogP contribution in [0.25, 0.3) is 0 Å². The fourth-order valence-corrected chi connectivity index (χ4v) is 6.13. The molecule has 3 aromatic rings. The number of hydrogen-bond donors (Lipinski definition) is 1. The SMILES string of the molecule is CCn1c(SCC(=O)Nc2sc3c(c2C(=O)OC)CCCC3)nnc1C(C)Oc1ccccc1. The Hall–Kier alpha value is -2.85. The summed E-state index contributed by atoms with van der Waals surface area (Å²) in [5.41, 5.74) is 1.53. The molecule has 2 aromatic heterocycles. The van der Waals surface area contributed by atoms with E-state index in [0.29, 0.717) is 28.1 Å². The van der Waals surface area contributed by atoms with E-state index in [2.05, 4.69) is 15.5 Å². The Bertz CT molecular complexity index is 1160. The molecule has 0 spiro atoms. The molecule has 180 valence electrons. The summed E-state index contributed by atoms with van der Waals surface area (Å²) in [6.07, 6.45) is 3.61. The van der Waals surface area contributed by atoms with Crippen molar-refractivity contribution in [3.8, 4) is 5.75 Å². The van der Waals surface area contributed by atoms with Crippen molar-refractivity contribution in [1.82, 2.24) is 14.8 Å². The molecule has 10 heteroatoms. The smallest absolute Gasteiger partial charge is 0.341 e. The zero-order valence-corrected chi connectivity index (χ0v) is 21.1. The van der Waals surface area contributed by atoms with Crippen LogP contribution in [0.4, 0.5) is 5.00 Å². The summed E-state index contributed by atoms with van der Waals surface area (Å²) < 4.78 is 12.9. The van der Waals surface area contributed by atoms with E-state index in [0.717, 1.165) is 41.9 Å². The number of anilines is 1. The summed E-state index contributed by atoms with van der Waals surface area (Å²) in [4.78, 5) is 26.4. The van der Waals surface area contributed by atoms with Gasteiger partial charge in [-0.1, -0.05) is 30.0 Å². The van der Waals surface area contributed by atoms with Gasteiger partial charge in [0, 0.05) is 11.4 Å². The first-order chi connectivity index (χ1) is 16.5. The Morgan fingerprint density at radius 1 is 1.21 bits per heavy atom. The number of thiophene rings is 1. The second-order valence-electron chi connectivity index (χ2n) is 7.90. The third-order valence-electron chi connectivity index (χ3n) is 5.63. The Balaban J connectivity index is 1.43. The Labute approximate surface area is 207 Å². The molecule has 0 aliphatic heterocycles. The molecule has 1 amide bonds. The van der Waals surface area contributed by atoms with Gasteiger partial charge in [0.25, 0.3) is 0 Å². The molecule has 4 rings (SSSR count). The van der Waals surface area contributed by atoms with Crippen LogP contribution in [0.5, 0.6) is 5.75 Å². The average Bonchev–Trinajstić information content (AvgIpc) is 3.43. The third kappa shape index (κ3) is 5.28. The largest absolute Gasteiger partial charge is 0.483 e. The van der Waals surface area contributed by atoms with Gasteiger partial charge in [-0.15, -0.1) is 21.5 Å². The molecule has 0 saturated heterocycles. The number of carbonyl (C=O) groups is 2. The number of benzene rings is 1. The maximum absolute atomic E-state index is 12.8. The number of methoxy groups -OCH3 is 1. The van der Waals surface area contributed by atoms with Gasteiger partial charge in [0.2, 0.25) is 5.91 Å². The summed E-state index contributed by atoms with van der Waals surface area (Å²) in [5.74, 6) is 1.01. The van der Waals surface area contributed by atoms with Gasteiger partial charge in [-0.05, 0) is 57.2 Å². The Kier molecular flexibility index (Phi) is 7.89. The Morgan fingerprint density at radius 2 is 1.97 bits per heavy atom. The highest BCUT2D eigenvalue weighted by Gasteiger charge is 2.27. The predicted octanol–water partition coefficient (Wildman–Crippen LogP) is 4.90. The lowest BCUT2D eigenvalue weighted by Gasteiger charge is -2.15. The van der Waals surface area contributed by atoms with Crippen molar-refractivity contribution in [2.24, 2.45) is 0 Å². The number of esters is 1. The van der Waals surface area contributed by atoms with Crippen molar-refractivity contribution in [2.45, 2.75) is 57.3 Å². The van der Waals surface area contributed by atoms with Crippen LogP contribution in [-0.4, -0.2) is 39.5 Å². The maximum atomic E-state index is 12.8. The number of thioether (sulfide) groups is 1. The van der Waals surface area contributed by atoms with Crippen LogP contribution in [0.3, 0.4) is 0 Å². The summed E-state index contributed by atoms with van der Waals surface area (Å²) in [7, 11) is 1.37.